The average Bonchev–Trinajstić information content (AvgIpc) is 2.65. The lowest BCUT2D eigenvalue weighted by molar-refractivity contribution is 0.877. The van der Waals surface area contributed by atoms with Crippen LogP contribution in [0, 0.1) is 11.3 Å². The van der Waals surface area contributed by atoms with E-state index in [0.29, 0.717) is 21.3 Å². The SMILES string of the molecule is N#Cc1ccc(Cl)cc1-n1cc(Cl)cn1. The normalized spacial score (nSPS) is 9.93. The van der Waals surface area contributed by atoms with E-state index in [0.717, 1.165) is 0 Å². The Morgan fingerprint density at radius 3 is 2.67 bits per heavy atom. The van der Waals surface area contributed by atoms with Crippen molar-refractivity contribution in [2.45, 2.75) is 0 Å². The van der Waals surface area contributed by atoms with Crippen molar-refractivity contribution in [1.82, 2.24) is 9.78 Å². The molecular weight excluding hydrogens is 233 g/mol. The van der Waals surface area contributed by atoms with Crippen molar-refractivity contribution < 1.29 is 0 Å². The molecule has 0 spiro atoms. The third-order valence-electron chi connectivity index (χ3n) is 1.88. The maximum Gasteiger partial charge on any atom is 0.101 e. The van der Waals surface area contributed by atoms with Crippen LogP contribution in [-0.4, -0.2) is 9.78 Å². The van der Waals surface area contributed by atoms with Gasteiger partial charge in [-0.15, -0.1) is 0 Å². The lowest BCUT2D eigenvalue weighted by Crippen LogP contribution is -1.97. The molecule has 5 heteroatoms. The second-order valence-corrected chi connectivity index (χ2v) is 3.75. The molecule has 15 heavy (non-hydrogen) atoms. The molecule has 2 rings (SSSR count). The Morgan fingerprint density at radius 1 is 1.27 bits per heavy atom. The van der Waals surface area contributed by atoms with E-state index in [-0.39, 0.29) is 0 Å². The first-order valence-electron chi connectivity index (χ1n) is 4.11. The van der Waals surface area contributed by atoms with Gasteiger partial charge in [0.25, 0.3) is 0 Å². The highest BCUT2D eigenvalue weighted by molar-refractivity contribution is 6.31. The smallest absolute Gasteiger partial charge is 0.101 e. The molecule has 0 saturated heterocycles. The molecule has 0 atom stereocenters. The summed E-state index contributed by atoms with van der Waals surface area (Å²) in [4.78, 5) is 0. The Balaban J connectivity index is 2.61. The third kappa shape index (κ3) is 1.96. The lowest BCUT2D eigenvalue weighted by atomic mass is 10.2. The summed E-state index contributed by atoms with van der Waals surface area (Å²) in [5.41, 5.74) is 1.12. The predicted molar refractivity (Wildman–Crippen MR) is 58.3 cm³/mol. The third-order valence-corrected chi connectivity index (χ3v) is 2.31. The van der Waals surface area contributed by atoms with Gasteiger partial charge in [0.05, 0.1) is 22.5 Å². The van der Waals surface area contributed by atoms with Crippen LogP contribution in [0.15, 0.2) is 30.6 Å². The number of nitrogens with zero attached hydrogens (tertiary/aromatic N) is 3. The maximum atomic E-state index is 8.91. The van der Waals surface area contributed by atoms with E-state index in [1.807, 2.05) is 0 Å². The molecule has 0 amide bonds. The number of hydrogen-bond donors (Lipinski definition) is 0. The Hall–Kier alpha value is -1.50. The van der Waals surface area contributed by atoms with Crippen molar-refractivity contribution >= 4 is 23.2 Å². The van der Waals surface area contributed by atoms with Crippen molar-refractivity contribution in [2.75, 3.05) is 0 Å². The minimum absolute atomic E-state index is 0.499. The number of hydrogen-bond acceptors (Lipinski definition) is 2. The Kier molecular flexibility index (Phi) is 2.63. The van der Waals surface area contributed by atoms with Crippen LogP contribution in [0.1, 0.15) is 5.56 Å². The van der Waals surface area contributed by atoms with Gasteiger partial charge in [-0.1, -0.05) is 23.2 Å². The van der Waals surface area contributed by atoms with Gasteiger partial charge >= 0.3 is 0 Å². The van der Waals surface area contributed by atoms with Gasteiger partial charge in [0.1, 0.15) is 6.07 Å². The maximum absolute atomic E-state index is 8.91. The quantitative estimate of drug-likeness (QED) is 0.766. The van der Waals surface area contributed by atoms with Gasteiger partial charge < -0.3 is 0 Å². The summed E-state index contributed by atoms with van der Waals surface area (Å²) in [7, 11) is 0. The topological polar surface area (TPSA) is 41.6 Å². The van der Waals surface area contributed by atoms with Gasteiger partial charge in [0.15, 0.2) is 0 Å². The van der Waals surface area contributed by atoms with Crippen LogP contribution < -0.4 is 0 Å². The average molecular weight is 238 g/mol. The van der Waals surface area contributed by atoms with Crippen molar-refractivity contribution in [2.24, 2.45) is 0 Å². The highest BCUT2D eigenvalue weighted by atomic mass is 35.5. The van der Waals surface area contributed by atoms with Gasteiger partial charge in [0, 0.05) is 11.2 Å². The number of nitriles is 1. The van der Waals surface area contributed by atoms with E-state index in [1.54, 1.807) is 24.4 Å². The number of rotatable bonds is 1. The molecule has 0 unspecified atom stereocenters. The molecule has 0 bridgehead atoms. The van der Waals surface area contributed by atoms with Crippen LogP contribution in [0.4, 0.5) is 0 Å². The first kappa shape index (κ1) is 10.0. The minimum Gasteiger partial charge on any atom is -0.238 e. The van der Waals surface area contributed by atoms with Crippen LogP contribution in [0.25, 0.3) is 5.69 Å². The summed E-state index contributed by atoms with van der Waals surface area (Å²) in [5.74, 6) is 0. The van der Waals surface area contributed by atoms with E-state index in [1.165, 1.54) is 10.9 Å². The second-order valence-electron chi connectivity index (χ2n) is 2.88. The molecule has 3 nitrogen and oxygen atoms in total. The summed E-state index contributed by atoms with van der Waals surface area (Å²) >= 11 is 11.6. The molecule has 0 saturated carbocycles. The van der Waals surface area contributed by atoms with Crippen LogP contribution in [-0.2, 0) is 0 Å². The molecule has 74 valence electrons. The van der Waals surface area contributed by atoms with Crippen molar-refractivity contribution in [1.29, 1.82) is 5.26 Å². The lowest BCUT2D eigenvalue weighted by Gasteiger charge is -2.03. The van der Waals surface area contributed by atoms with Crippen LogP contribution in [0.5, 0.6) is 0 Å². The van der Waals surface area contributed by atoms with E-state index < -0.39 is 0 Å². The molecule has 1 aromatic heterocycles. The zero-order valence-corrected chi connectivity index (χ0v) is 9.00. The first-order valence-corrected chi connectivity index (χ1v) is 4.86. The summed E-state index contributed by atoms with van der Waals surface area (Å²) in [6.07, 6.45) is 3.12. The van der Waals surface area contributed by atoms with Gasteiger partial charge in [-0.25, -0.2) is 4.68 Å². The predicted octanol–water partition coefficient (Wildman–Crippen LogP) is 3.05. The Bertz CT molecular complexity index is 540. The highest BCUT2D eigenvalue weighted by Crippen LogP contribution is 2.20. The van der Waals surface area contributed by atoms with Crippen LogP contribution in [0.2, 0.25) is 10.0 Å². The minimum atomic E-state index is 0.499. The number of aromatic nitrogens is 2. The van der Waals surface area contributed by atoms with Gasteiger partial charge in [-0.3, -0.25) is 0 Å². The largest absolute Gasteiger partial charge is 0.238 e. The molecule has 0 aliphatic rings. The van der Waals surface area contributed by atoms with Gasteiger partial charge in [-0.05, 0) is 18.2 Å². The Morgan fingerprint density at radius 2 is 2.07 bits per heavy atom. The van der Waals surface area contributed by atoms with Gasteiger partial charge in [-0.2, -0.15) is 10.4 Å². The molecule has 1 heterocycles. The molecule has 0 fully saturated rings. The molecule has 0 radical (unpaired) electrons. The fraction of sp³-hybridized carbons (Fsp3) is 0. The number of halogens is 2. The van der Waals surface area contributed by atoms with E-state index in [4.69, 9.17) is 28.5 Å². The van der Waals surface area contributed by atoms with Crippen molar-refractivity contribution in [3.63, 3.8) is 0 Å². The van der Waals surface area contributed by atoms with Crippen molar-refractivity contribution in [3.05, 3.63) is 46.2 Å². The van der Waals surface area contributed by atoms with E-state index in [9.17, 15) is 0 Å². The molecule has 0 N–H and O–H groups in total. The monoisotopic (exact) mass is 237 g/mol. The highest BCUT2D eigenvalue weighted by Gasteiger charge is 2.06. The summed E-state index contributed by atoms with van der Waals surface area (Å²) in [5, 5.41) is 14.0. The number of benzene rings is 1. The van der Waals surface area contributed by atoms with Crippen LogP contribution in [0.3, 0.4) is 0 Å². The zero-order chi connectivity index (χ0) is 10.8. The standard InChI is InChI=1S/C10H5Cl2N3/c11-8-2-1-7(4-13)10(3-8)15-6-9(12)5-14-15/h1-3,5-6H. The summed E-state index contributed by atoms with van der Waals surface area (Å²) in [6.45, 7) is 0. The second kappa shape index (κ2) is 3.93. The van der Waals surface area contributed by atoms with Crippen LogP contribution >= 0.6 is 23.2 Å². The molecule has 2 aromatic rings. The Labute approximate surface area is 96.5 Å². The summed E-state index contributed by atoms with van der Waals surface area (Å²) in [6, 6.07) is 7.05. The summed E-state index contributed by atoms with van der Waals surface area (Å²) < 4.78 is 1.52. The van der Waals surface area contributed by atoms with Gasteiger partial charge in [0.2, 0.25) is 0 Å². The molecular formula is C10H5Cl2N3. The fourth-order valence-corrected chi connectivity index (χ4v) is 1.52. The van der Waals surface area contributed by atoms with E-state index >= 15 is 0 Å². The first-order chi connectivity index (χ1) is 7.20. The molecule has 0 aliphatic heterocycles. The fourth-order valence-electron chi connectivity index (χ4n) is 1.22. The molecule has 0 aliphatic carbocycles. The zero-order valence-electron chi connectivity index (χ0n) is 7.48. The van der Waals surface area contributed by atoms with E-state index in [2.05, 4.69) is 11.2 Å². The van der Waals surface area contributed by atoms with Crippen molar-refractivity contribution in [3.8, 4) is 11.8 Å². The molecule has 1 aromatic carbocycles.